The Kier molecular flexibility index (Phi) is 4.32. The molecule has 1 aliphatic rings. The van der Waals surface area contributed by atoms with Crippen molar-refractivity contribution in [2.75, 3.05) is 6.61 Å². The molecule has 0 amide bonds. The van der Waals surface area contributed by atoms with Crippen molar-refractivity contribution in [3.05, 3.63) is 22.2 Å². The molecule has 2 rings (SSSR count). The summed E-state index contributed by atoms with van der Waals surface area (Å²) in [5.74, 6) is 0.528. The van der Waals surface area contributed by atoms with E-state index in [0.29, 0.717) is 22.4 Å². The van der Waals surface area contributed by atoms with Crippen LogP contribution >= 0.6 is 23.2 Å². The number of ether oxygens (including phenoxy) is 1. The highest BCUT2D eigenvalue weighted by Crippen LogP contribution is 2.39. The minimum Gasteiger partial charge on any atom is -0.493 e. The van der Waals surface area contributed by atoms with E-state index in [1.807, 2.05) is 40.7 Å². The monoisotopic (exact) mass is 316 g/mol. The molecule has 0 N–H and O–H groups in total. The number of benzene rings is 1. The molecule has 0 aromatic heterocycles. The summed E-state index contributed by atoms with van der Waals surface area (Å²) in [4.78, 5) is 0. The van der Waals surface area contributed by atoms with Crippen LogP contribution in [-0.2, 0) is 9.31 Å². The van der Waals surface area contributed by atoms with Gasteiger partial charge in [0.1, 0.15) is 10.8 Å². The van der Waals surface area contributed by atoms with Crippen molar-refractivity contribution < 1.29 is 14.0 Å². The molecule has 110 valence electrons. The standard InChI is InChI=1S/C14H19BCl2O3/c1-6-18-12-9(7-8-10(16)11(12)17)15-19-13(2,3)14(4,5)20-15/h7-8H,6H2,1-5H3. The molecule has 6 heteroatoms. The van der Waals surface area contributed by atoms with Crippen LogP contribution in [0.15, 0.2) is 12.1 Å². The van der Waals surface area contributed by atoms with Gasteiger partial charge < -0.3 is 14.0 Å². The summed E-state index contributed by atoms with van der Waals surface area (Å²) in [7, 11) is -0.517. The number of hydrogen-bond acceptors (Lipinski definition) is 3. The van der Waals surface area contributed by atoms with Crippen LogP contribution in [0.3, 0.4) is 0 Å². The highest BCUT2D eigenvalue weighted by Gasteiger charge is 2.52. The lowest BCUT2D eigenvalue weighted by Crippen LogP contribution is -2.41. The Bertz CT molecular complexity index is 501. The molecule has 0 spiro atoms. The third kappa shape index (κ3) is 2.67. The molecule has 0 radical (unpaired) electrons. The fraction of sp³-hybridized carbons (Fsp3) is 0.571. The highest BCUT2D eigenvalue weighted by molar-refractivity contribution is 6.64. The Morgan fingerprint density at radius 1 is 1.10 bits per heavy atom. The molecule has 20 heavy (non-hydrogen) atoms. The van der Waals surface area contributed by atoms with Gasteiger partial charge in [0.25, 0.3) is 0 Å². The average Bonchev–Trinajstić information content (AvgIpc) is 2.55. The van der Waals surface area contributed by atoms with Crippen molar-refractivity contribution in [2.45, 2.75) is 45.8 Å². The maximum atomic E-state index is 6.23. The quantitative estimate of drug-likeness (QED) is 0.796. The van der Waals surface area contributed by atoms with E-state index in [9.17, 15) is 0 Å². The van der Waals surface area contributed by atoms with Crippen molar-refractivity contribution in [1.29, 1.82) is 0 Å². The van der Waals surface area contributed by atoms with Gasteiger partial charge in [0, 0.05) is 5.46 Å². The number of hydrogen-bond donors (Lipinski definition) is 0. The first-order chi connectivity index (χ1) is 9.19. The fourth-order valence-electron chi connectivity index (χ4n) is 1.99. The first-order valence-corrected chi connectivity index (χ1v) is 7.41. The molecular formula is C14H19BCl2O3. The molecule has 0 bridgehead atoms. The Morgan fingerprint density at radius 2 is 1.65 bits per heavy atom. The lowest BCUT2D eigenvalue weighted by atomic mass is 9.78. The molecule has 1 aromatic rings. The largest absolute Gasteiger partial charge is 0.498 e. The first-order valence-electron chi connectivity index (χ1n) is 6.66. The fourth-order valence-corrected chi connectivity index (χ4v) is 2.37. The van der Waals surface area contributed by atoms with Crippen molar-refractivity contribution >= 4 is 35.8 Å². The average molecular weight is 317 g/mol. The van der Waals surface area contributed by atoms with Gasteiger partial charge in [0.05, 0.1) is 22.8 Å². The van der Waals surface area contributed by atoms with Gasteiger partial charge in [0.15, 0.2) is 0 Å². The Labute approximate surface area is 130 Å². The van der Waals surface area contributed by atoms with E-state index < -0.39 is 18.3 Å². The Hall–Kier alpha value is -0.415. The predicted molar refractivity (Wildman–Crippen MR) is 83.3 cm³/mol. The van der Waals surface area contributed by atoms with E-state index >= 15 is 0 Å². The van der Waals surface area contributed by atoms with Crippen molar-refractivity contribution in [1.82, 2.24) is 0 Å². The summed E-state index contributed by atoms with van der Waals surface area (Å²) < 4.78 is 17.7. The smallest absolute Gasteiger partial charge is 0.493 e. The second-order valence-corrected chi connectivity index (χ2v) is 6.59. The van der Waals surface area contributed by atoms with Gasteiger partial charge in [-0.3, -0.25) is 0 Å². The molecule has 0 saturated carbocycles. The van der Waals surface area contributed by atoms with Crippen LogP contribution in [0.5, 0.6) is 5.75 Å². The topological polar surface area (TPSA) is 27.7 Å². The molecule has 0 aliphatic carbocycles. The maximum Gasteiger partial charge on any atom is 0.498 e. The van der Waals surface area contributed by atoms with Crippen LogP contribution in [0.1, 0.15) is 34.6 Å². The zero-order valence-corrected chi connectivity index (χ0v) is 13.9. The summed E-state index contributed by atoms with van der Waals surface area (Å²) >= 11 is 12.3. The zero-order valence-electron chi connectivity index (χ0n) is 12.4. The van der Waals surface area contributed by atoms with Crippen molar-refractivity contribution in [3.63, 3.8) is 0 Å². The van der Waals surface area contributed by atoms with Gasteiger partial charge >= 0.3 is 7.12 Å². The van der Waals surface area contributed by atoms with Gasteiger partial charge in [-0.05, 0) is 40.7 Å². The van der Waals surface area contributed by atoms with Crippen LogP contribution in [0, 0.1) is 0 Å². The van der Waals surface area contributed by atoms with Gasteiger partial charge in [-0.2, -0.15) is 0 Å². The van der Waals surface area contributed by atoms with Crippen LogP contribution in [0.4, 0.5) is 0 Å². The van der Waals surface area contributed by atoms with Crippen LogP contribution in [0.2, 0.25) is 10.0 Å². The van der Waals surface area contributed by atoms with E-state index in [1.54, 1.807) is 6.07 Å². The molecule has 3 nitrogen and oxygen atoms in total. The lowest BCUT2D eigenvalue weighted by Gasteiger charge is -2.32. The predicted octanol–water partition coefficient (Wildman–Crippen LogP) is 3.69. The molecular weight excluding hydrogens is 298 g/mol. The minimum absolute atomic E-state index is 0.390. The Balaban J connectivity index is 2.42. The number of halogens is 2. The third-order valence-corrected chi connectivity index (χ3v) is 4.66. The van der Waals surface area contributed by atoms with Gasteiger partial charge in [-0.15, -0.1) is 0 Å². The van der Waals surface area contributed by atoms with Crippen molar-refractivity contribution in [3.8, 4) is 5.75 Å². The summed E-state index contributed by atoms with van der Waals surface area (Å²) in [6, 6.07) is 3.56. The molecule has 0 atom stereocenters. The maximum absolute atomic E-state index is 6.23. The second-order valence-electron chi connectivity index (χ2n) is 5.80. The van der Waals surface area contributed by atoms with E-state index in [-0.39, 0.29) is 0 Å². The molecule has 0 unspecified atom stereocenters. The van der Waals surface area contributed by atoms with Crippen LogP contribution in [-0.4, -0.2) is 24.9 Å². The molecule has 1 aromatic carbocycles. The van der Waals surface area contributed by atoms with E-state index in [4.69, 9.17) is 37.2 Å². The molecule has 1 aliphatic heterocycles. The van der Waals surface area contributed by atoms with Crippen molar-refractivity contribution in [2.24, 2.45) is 0 Å². The molecule has 1 fully saturated rings. The first kappa shape index (κ1) is 16.0. The highest BCUT2D eigenvalue weighted by atomic mass is 35.5. The Morgan fingerprint density at radius 3 is 2.15 bits per heavy atom. The molecule has 1 saturated heterocycles. The summed E-state index contributed by atoms with van der Waals surface area (Å²) in [6.07, 6.45) is 0. The van der Waals surface area contributed by atoms with Crippen LogP contribution < -0.4 is 10.2 Å². The van der Waals surface area contributed by atoms with Gasteiger partial charge in [0.2, 0.25) is 0 Å². The summed E-state index contributed by atoms with van der Waals surface area (Å²) in [5.41, 5.74) is -0.0551. The van der Waals surface area contributed by atoms with E-state index in [2.05, 4.69) is 0 Å². The van der Waals surface area contributed by atoms with Gasteiger partial charge in [-0.25, -0.2) is 0 Å². The normalized spacial score (nSPS) is 20.2. The third-order valence-electron chi connectivity index (χ3n) is 3.88. The summed E-state index contributed by atoms with van der Waals surface area (Å²) in [6.45, 7) is 10.4. The van der Waals surface area contributed by atoms with Gasteiger partial charge in [-0.1, -0.05) is 29.3 Å². The zero-order chi connectivity index (χ0) is 15.1. The van der Waals surface area contributed by atoms with E-state index in [0.717, 1.165) is 5.46 Å². The second kappa shape index (κ2) is 5.41. The minimum atomic E-state index is -0.517. The molecule has 1 heterocycles. The lowest BCUT2D eigenvalue weighted by molar-refractivity contribution is 0.00578. The van der Waals surface area contributed by atoms with Crippen LogP contribution in [0.25, 0.3) is 0 Å². The SMILES string of the molecule is CCOc1c(B2OC(C)(C)C(C)(C)O2)ccc(Cl)c1Cl. The van der Waals surface area contributed by atoms with E-state index in [1.165, 1.54) is 0 Å². The summed E-state index contributed by atoms with van der Waals surface area (Å²) in [5, 5.41) is 0.844. The number of rotatable bonds is 3.